The molecule has 2 N–H and O–H groups in total. The van der Waals surface area contributed by atoms with Crippen molar-refractivity contribution in [2.75, 3.05) is 17.9 Å². The summed E-state index contributed by atoms with van der Waals surface area (Å²) in [5, 5.41) is 2.77. The fourth-order valence-corrected chi connectivity index (χ4v) is 4.55. The fourth-order valence-electron chi connectivity index (χ4n) is 3.22. The van der Waals surface area contributed by atoms with Gasteiger partial charge in [-0.3, -0.25) is 9.52 Å². The predicted molar refractivity (Wildman–Crippen MR) is 127 cm³/mol. The molecule has 0 unspecified atom stereocenters. The summed E-state index contributed by atoms with van der Waals surface area (Å²) >= 11 is 0. The Balaban J connectivity index is 1.58. The highest BCUT2D eigenvalue weighted by atomic mass is 32.2. The second-order valence-corrected chi connectivity index (χ2v) is 9.10. The van der Waals surface area contributed by atoms with E-state index >= 15 is 0 Å². The van der Waals surface area contributed by atoms with Gasteiger partial charge < -0.3 is 10.1 Å². The number of carbonyl (C=O) groups excluding carboxylic acids is 1. The molecule has 0 saturated carbocycles. The van der Waals surface area contributed by atoms with E-state index in [-0.39, 0.29) is 16.4 Å². The van der Waals surface area contributed by atoms with Crippen LogP contribution in [0.15, 0.2) is 77.7 Å². The van der Waals surface area contributed by atoms with Crippen LogP contribution in [-0.2, 0) is 16.4 Å². The third-order valence-corrected chi connectivity index (χ3v) is 6.41. The van der Waals surface area contributed by atoms with Crippen molar-refractivity contribution in [2.45, 2.75) is 31.6 Å². The van der Waals surface area contributed by atoms with Gasteiger partial charge in [-0.1, -0.05) is 49.7 Å². The van der Waals surface area contributed by atoms with Crippen LogP contribution in [0.2, 0.25) is 0 Å². The number of aryl methyl sites for hydroxylation is 2. The van der Waals surface area contributed by atoms with E-state index in [9.17, 15) is 13.2 Å². The van der Waals surface area contributed by atoms with Crippen molar-refractivity contribution in [2.24, 2.45) is 0 Å². The lowest BCUT2D eigenvalue weighted by atomic mass is 10.1. The number of sulfonamides is 1. The maximum atomic E-state index is 12.8. The van der Waals surface area contributed by atoms with Gasteiger partial charge in [0.1, 0.15) is 12.4 Å². The summed E-state index contributed by atoms with van der Waals surface area (Å²) in [6.45, 7) is 4.44. The highest BCUT2D eigenvalue weighted by Gasteiger charge is 2.19. The zero-order valence-electron chi connectivity index (χ0n) is 18.3. The quantitative estimate of drug-likeness (QED) is 0.442. The van der Waals surface area contributed by atoms with Crippen molar-refractivity contribution in [3.8, 4) is 5.75 Å². The van der Waals surface area contributed by atoms with E-state index in [1.54, 1.807) is 49.4 Å². The number of amides is 1. The first-order chi connectivity index (χ1) is 15.4. The number of hydrogen-bond donors (Lipinski definition) is 2. The Morgan fingerprint density at radius 1 is 0.969 bits per heavy atom. The summed E-state index contributed by atoms with van der Waals surface area (Å²) in [6.07, 6.45) is 2.13. The van der Waals surface area contributed by atoms with E-state index in [1.165, 1.54) is 11.6 Å². The van der Waals surface area contributed by atoms with E-state index in [0.29, 0.717) is 24.4 Å². The summed E-state index contributed by atoms with van der Waals surface area (Å²) in [7, 11) is -3.82. The minimum Gasteiger partial charge on any atom is -0.492 e. The summed E-state index contributed by atoms with van der Waals surface area (Å²) < 4.78 is 33.8. The Kier molecular flexibility index (Phi) is 7.89. The van der Waals surface area contributed by atoms with Crippen molar-refractivity contribution in [1.82, 2.24) is 5.32 Å². The number of carbonyl (C=O) groups is 1. The number of benzene rings is 3. The van der Waals surface area contributed by atoms with Crippen LogP contribution >= 0.6 is 0 Å². The molecule has 32 heavy (non-hydrogen) atoms. The van der Waals surface area contributed by atoms with Gasteiger partial charge >= 0.3 is 0 Å². The Morgan fingerprint density at radius 2 is 1.69 bits per heavy atom. The van der Waals surface area contributed by atoms with Crippen LogP contribution in [0.4, 0.5) is 5.69 Å². The topological polar surface area (TPSA) is 84.5 Å². The minimum atomic E-state index is -3.82. The molecule has 1 amide bonds. The zero-order valence-corrected chi connectivity index (χ0v) is 19.1. The molecule has 0 spiro atoms. The van der Waals surface area contributed by atoms with Crippen molar-refractivity contribution in [1.29, 1.82) is 0 Å². The van der Waals surface area contributed by atoms with E-state index in [0.717, 1.165) is 18.6 Å². The van der Waals surface area contributed by atoms with Gasteiger partial charge in [0.25, 0.3) is 15.9 Å². The Hall–Kier alpha value is -3.32. The van der Waals surface area contributed by atoms with Crippen molar-refractivity contribution in [3.63, 3.8) is 0 Å². The maximum Gasteiger partial charge on any atom is 0.262 e. The number of hydrogen-bond acceptors (Lipinski definition) is 4. The van der Waals surface area contributed by atoms with E-state index < -0.39 is 10.0 Å². The minimum absolute atomic E-state index is 0.0671. The molecule has 0 saturated heterocycles. The van der Waals surface area contributed by atoms with Crippen LogP contribution in [0.1, 0.15) is 34.8 Å². The van der Waals surface area contributed by atoms with Crippen LogP contribution < -0.4 is 14.8 Å². The molecule has 0 atom stereocenters. The summed E-state index contributed by atoms with van der Waals surface area (Å²) in [5.41, 5.74) is 2.55. The first-order valence-electron chi connectivity index (χ1n) is 10.6. The second kappa shape index (κ2) is 10.8. The second-order valence-electron chi connectivity index (χ2n) is 7.45. The third-order valence-electron chi connectivity index (χ3n) is 4.88. The SMILES string of the molecule is CCCc1ccc(OCCNC(=O)c2ccc(C)c(S(=O)(=O)Nc3ccccc3)c2)cc1. The Labute approximate surface area is 189 Å². The standard InChI is InChI=1S/C25H28N2O4S/c1-3-7-20-11-14-23(15-12-20)31-17-16-26-25(28)21-13-10-19(2)24(18-21)32(29,30)27-22-8-5-4-6-9-22/h4-6,8-15,18,27H,3,7,16-17H2,1-2H3,(H,26,28). The molecular weight excluding hydrogens is 424 g/mol. The molecule has 0 aliphatic heterocycles. The maximum absolute atomic E-state index is 12.8. The molecule has 3 rings (SSSR count). The van der Waals surface area contributed by atoms with Gasteiger partial charge in [-0.2, -0.15) is 0 Å². The van der Waals surface area contributed by atoms with Crippen molar-refractivity contribution >= 4 is 21.6 Å². The molecular formula is C25H28N2O4S. The molecule has 0 fully saturated rings. The largest absolute Gasteiger partial charge is 0.492 e. The van der Waals surface area contributed by atoms with E-state index in [2.05, 4.69) is 17.0 Å². The molecule has 0 aromatic heterocycles. The van der Waals surface area contributed by atoms with Crippen LogP contribution in [0.5, 0.6) is 5.75 Å². The Morgan fingerprint density at radius 3 is 2.38 bits per heavy atom. The van der Waals surface area contributed by atoms with E-state index in [4.69, 9.17) is 4.74 Å². The lowest BCUT2D eigenvalue weighted by Gasteiger charge is -2.12. The van der Waals surface area contributed by atoms with Gasteiger partial charge in [-0.05, 0) is 60.9 Å². The monoisotopic (exact) mass is 452 g/mol. The average Bonchev–Trinajstić information content (AvgIpc) is 2.78. The molecule has 0 radical (unpaired) electrons. The van der Waals surface area contributed by atoms with Gasteiger partial charge in [0.15, 0.2) is 0 Å². The van der Waals surface area contributed by atoms with Crippen LogP contribution in [0, 0.1) is 6.92 Å². The normalized spacial score (nSPS) is 11.1. The number of nitrogens with one attached hydrogen (secondary N) is 2. The van der Waals surface area contributed by atoms with Gasteiger partial charge in [0.05, 0.1) is 11.4 Å². The zero-order chi connectivity index (χ0) is 23.0. The van der Waals surface area contributed by atoms with Gasteiger partial charge in [0.2, 0.25) is 0 Å². The molecule has 168 valence electrons. The molecule has 6 nitrogen and oxygen atoms in total. The molecule has 7 heteroatoms. The molecule has 3 aromatic rings. The van der Waals surface area contributed by atoms with E-state index in [1.807, 2.05) is 24.3 Å². The smallest absolute Gasteiger partial charge is 0.262 e. The van der Waals surface area contributed by atoms with Gasteiger partial charge in [-0.15, -0.1) is 0 Å². The summed E-state index contributed by atoms with van der Waals surface area (Å²) in [6, 6.07) is 21.2. The lowest BCUT2D eigenvalue weighted by Crippen LogP contribution is -2.28. The molecule has 0 aliphatic rings. The average molecular weight is 453 g/mol. The fraction of sp³-hybridized carbons (Fsp3) is 0.240. The summed E-state index contributed by atoms with van der Waals surface area (Å²) in [4.78, 5) is 12.6. The predicted octanol–water partition coefficient (Wildman–Crippen LogP) is 4.56. The number of ether oxygens (including phenoxy) is 1. The van der Waals surface area contributed by atoms with Crippen LogP contribution in [-0.4, -0.2) is 27.5 Å². The van der Waals surface area contributed by atoms with Crippen molar-refractivity contribution in [3.05, 3.63) is 89.5 Å². The van der Waals surface area contributed by atoms with Crippen LogP contribution in [0.25, 0.3) is 0 Å². The number of para-hydroxylation sites is 1. The third kappa shape index (κ3) is 6.34. The highest BCUT2D eigenvalue weighted by molar-refractivity contribution is 7.92. The summed E-state index contributed by atoms with van der Waals surface area (Å²) in [5.74, 6) is 0.387. The lowest BCUT2D eigenvalue weighted by molar-refractivity contribution is 0.0947. The number of anilines is 1. The van der Waals surface area contributed by atoms with Gasteiger partial charge in [0, 0.05) is 11.3 Å². The van der Waals surface area contributed by atoms with Crippen molar-refractivity contribution < 1.29 is 17.9 Å². The first kappa shape index (κ1) is 23.3. The first-order valence-corrected chi connectivity index (χ1v) is 12.1. The molecule has 0 heterocycles. The molecule has 3 aromatic carbocycles. The van der Waals surface area contributed by atoms with Crippen LogP contribution in [0.3, 0.4) is 0 Å². The van der Waals surface area contributed by atoms with Gasteiger partial charge in [-0.25, -0.2) is 8.42 Å². The number of rotatable bonds is 10. The molecule has 0 bridgehead atoms. The molecule has 0 aliphatic carbocycles. The Bertz CT molecular complexity index is 1140. The highest BCUT2D eigenvalue weighted by Crippen LogP contribution is 2.21.